The molecule has 0 spiro atoms. The highest BCUT2D eigenvalue weighted by Gasteiger charge is 2.24. The third-order valence-electron chi connectivity index (χ3n) is 3.27. The van der Waals surface area contributed by atoms with E-state index < -0.39 is 0 Å². The van der Waals surface area contributed by atoms with Gasteiger partial charge in [-0.2, -0.15) is 4.37 Å². The zero-order chi connectivity index (χ0) is 16.2. The number of pyridine rings is 1. The average molecular weight is 324 g/mol. The van der Waals surface area contributed by atoms with Crippen LogP contribution < -0.4 is 4.90 Å². The molecule has 3 rings (SSSR count). The normalized spacial score (nSPS) is 10.7. The predicted octanol–water partition coefficient (Wildman–Crippen LogP) is 3.66. The summed E-state index contributed by atoms with van der Waals surface area (Å²) in [6.07, 6.45) is 1.68. The molecule has 0 bridgehead atoms. The first-order valence-electron chi connectivity index (χ1n) is 7.30. The van der Waals surface area contributed by atoms with Crippen molar-refractivity contribution in [2.75, 3.05) is 4.90 Å². The highest BCUT2D eigenvalue weighted by Crippen LogP contribution is 2.22. The maximum Gasteiger partial charge on any atom is 0.289 e. The Labute approximate surface area is 138 Å². The van der Waals surface area contributed by atoms with Gasteiger partial charge in [-0.05, 0) is 49.6 Å². The monoisotopic (exact) mass is 324 g/mol. The van der Waals surface area contributed by atoms with E-state index in [0.29, 0.717) is 16.5 Å². The lowest BCUT2D eigenvalue weighted by Gasteiger charge is -2.25. The molecule has 0 saturated carbocycles. The fourth-order valence-corrected chi connectivity index (χ4v) is 2.86. The third kappa shape index (κ3) is 3.27. The van der Waals surface area contributed by atoms with E-state index in [4.69, 9.17) is 0 Å². The summed E-state index contributed by atoms with van der Waals surface area (Å²) >= 11 is 1.10. The molecule has 0 N–H and O–H groups in total. The van der Waals surface area contributed by atoms with Gasteiger partial charge in [0.1, 0.15) is 5.69 Å². The van der Waals surface area contributed by atoms with Crippen LogP contribution in [0.4, 0.5) is 5.69 Å². The van der Waals surface area contributed by atoms with E-state index in [-0.39, 0.29) is 11.9 Å². The number of para-hydroxylation sites is 1. The fourth-order valence-electron chi connectivity index (χ4n) is 2.25. The van der Waals surface area contributed by atoms with E-state index in [0.717, 1.165) is 17.2 Å². The maximum absolute atomic E-state index is 12.8. The number of hydrogen-bond acceptors (Lipinski definition) is 5. The lowest BCUT2D eigenvalue weighted by Crippen LogP contribution is -2.36. The van der Waals surface area contributed by atoms with Crippen LogP contribution in [-0.4, -0.2) is 26.3 Å². The molecule has 1 amide bonds. The van der Waals surface area contributed by atoms with Gasteiger partial charge in [0.05, 0.1) is 0 Å². The average Bonchev–Trinajstić information content (AvgIpc) is 3.06. The standard InChI is InChI=1S/C17H16N4OS/c1-12(2)21(13-8-4-3-5-9-13)17(22)16-19-15(20-23-16)14-10-6-7-11-18-14/h3-12H,1-2H3. The number of aromatic nitrogens is 3. The molecule has 3 aromatic rings. The molecule has 0 aliphatic rings. The van der Waals surface area contributed by atoms with Crippen molar-refractivity contribution in [3.8, 4) is 11.5 Å². The van der Waals surface area contributed by atoms with E-state index in [1.807, 2.05) is 62.4 Å². The van der Waals surface area contributed by atoms with E-state index in [1.54, 1.807) is 11.1 Å². The fraction of sp³-hybridized carbons (Fsp3) is 0.176. The molecular formula is C17H16N4OS. The molecule has 116 valence electrons. The number of amides is 1. The first-order chi connectivity index (χ1) is 11.2. The van der Waals surface area contributed by atoms with Gasteiger partial charge in [0.2, 0.25) is 5.01 Å². The minimum atomic E-state index is -0.147. The summed E-state index contributed by atoms with van der Waals surface area (Å²) in [5, 5.41) is 0.364. The number of carbonyl (C=O) groups excluding carboxylic acids is 1. The van der Waals surface area contributed by atoms with Crippen LogP contribution in [0.25, 0.3) is 11.5 Å². The Morgan fingerprint density at radius 2 is 1.83 bits per heavy atom. The summed E-state index contributed by atoms with van der Waals surface area (Å²) in [4.78, 5) is 23.1. The second kappa shape index (κ2) is 6.66. The molecule has 23 heavy (non-hydrogen) atoms. The molecule has 2 aromatic heterocycles. The van der Waals surface area contributed by atoms with Gasteiger partial charge in [-0.15, -0.1) is 0 Å². The van der Waals surface area contributed by atoms with Gasteiger partial charge in [0.15, 0.2) is 5.82 Å². The Kier molecular flexibility index (Phi) is 4.43. The smallest absolute Gasteiger partial charge is 0.289 e. The highest BCUT2D eigenvalue weighted by atomic mass is 32.1. The minimum Gasteiger partial charge on any atom is -0.304 e. The molecule has 0 fully saturated rings. The van der Waals surface area contributed by atoms with Crippen LogP contribution in [0.15, 0.2) is 54.7 Å². The quantitative estimate of drug-likeness (QED) is 0.735. The maximum atomic E-state index is 12.8. The number of carbonyl (C=O) groups is 1. The van der Waals surface area contributed by atoms with Gasteiger partial charge in [-0.25, -0.2) is 4.98 Å². The van der Waals surface area contributed by atoms with Crippen molar-refractivity contribution in [2.45, 2.75) is 19.9 Å². The first-order valence-corrected chi connectivity index (χ1v) is 8.08. The van der Waals surface area contributed by atoms with Crippen molar-refractivity contribution in [1.82, 2.24) is 14.3 Å². The Balaban J connectivity index is 1.91. The molecule has 0 atom stereocenters. The van der Waals surface area contributed by atoms with Crippen LogP contribution in [0.2, 0.25) is 0 Å². The molecule has 0 unspecified atom stereocenters. The van der Waals surface area contributed by atoms with Crippen LogP contribution in [0, 0.1) is 0 Å². The zero-order valence-corrected chi connectivity index (χ0v) is 13.7. The van der Waals surface area contributed by atoms with Gasteiger partial charge >= 0.3 is 0 Å². The molecule has 0 radical (unpaired) electrons. The van der Waals surface area contributed by atoms with Gasteiger partial charge in [-0.3, -0.25) is 9.78 Å². The molecule has 0 aliphatic carbocycles. The van der Waals surface area contributed by atoms with Crippen molar-refractivity contribution >= 4 is 23.1 Å². The van der Waals surface area contributed by atoms with Gasteiger partial charge in [0, 0.05) is 17.9 Å². The van der Waals surface area contributed by atoms with Crippen molar-refractivity contribution < 1.29 is 4.79 Å². The number of rotatable bonds is 4. The molecule has 0 aliphatic heterocycles. The predicted molar refractivity (Wildman–Crippen MR) is 91.5 cm³/mol. The Bertz CT molecular complexity index is 787. The van der Waals surface area contributed by atoms with E-state index >= 15 is 0 Å². The number of nitrogens with zero attached hydrogens (tertiary/aromatic N) is 4. The summed E-state index contributed by atoms with van der Waals surface area (Å²) in [6, 6.07) is 15.1. The first kappa shape index (κ1) is 15.3. The number of hydrogen-bond donors (Lipinski definition) is 0. The summed E-state index contributed by atoms with van der Waals surface area (Å²) < 4.78 is 4.26. The van der Waals surface area contributed by atoms with Crippen LogP contribution >= 0.6 is 11.5 Å². The summed E-state index contributed by atoms with van der Waals surface area (Å²) in [7, 11) is 0. The van der Waals surface area contributed by atoms with Gasteiger partial charge < -0.3 is 4.90 Å². The second-order valence-corrected chi connectivity index (χ2v) is 5.99. The summed E-state index contributed by atoms with van der Waals surface area (Å²) in [5.74, 6) is 0.335. The zero-order valence-electron chi connectivity index (χ0n) is 12.9. The number of benzene rings is 1. The third-order valence-corrected chi connectivity index (χ3v) is 3.98. The van der Waals surface area contributed by atoms with Crippen LogP contribution in [0.1, 0.15) is 23.6 Å². The topological polar surface area (TPSA) is 59.0 Å². The van der Waals surface area contributed by atoms with Crippen LogP contribution in [0.3, 0.4) is 0 Å². The molecule has 6 heteroatoms. The molecular weight excluding hydrogens is 308 g/mol. The van der Waals surface area contributed by atoms with E-state index in [2.05, 4.69) is 14.3 Å². The van der Waals surface area contributed by atoms with Crippen molar-refractivity contribution in [1.29, 1.82) is 0 Å². The van der Waals surface area contributed by atoms with Crippen LogP contribution in [-0.2, 0) is 0 Å². The lowest BCUT2D eigenvalue weighted by molar-refractivity contribution is 0.0980. The Hall–Kier alpha value is -2.60. The van der Waals surface area contributed by atoms with Gasteiger partial charge in [-0.1, -0.05) is 24.3 Å². The van der Waals surface area contributed by atoms with E-state index in [9.17, 15) is 4.79 Å². The molecule has 5 nitrogen and oxygen atoms in total. The summed E-state index contributed by atoms with van der Waals surface area (Å²) in [5.41, 5.74) is 1.51. The number of anilines is 1. The van der Waals surface area contributed by atoms with Crippen molar-refractivity contribution in [3.63, 3.8) is 0 Å². The highest BCUT2D eigenvalue weighted by molar-refractivity contribution is 7.08. The SMILES string of the molecule is CC(C)N(C(=O)c1nc(-c2ccccn2)ns1)c1ccccc1. The Morgan fingerprint density at radius 1 is 1.09 bits per heavy atom. The van der Waals surface area contributed by atoms with Gasteiger partial charge in [0.25, 0.3) is 5.91 Å². The Morgan fingerprint density at radius 3 is 2.48 bits per heavy atom. The van der Waals surface area contributed by atoms with E-state index in [1.165, 1.54) is 0 Å². The molecule has 2 heterocycles. The largest absolute Gasteiger partial charge is 0.304 e. The lowest BCUT2D eigenvalue weighted by atomic mass is 10.2. The second-order valence-electron chi connectivity index (χ2n) is 5.24. The summed E-state index contributed by atoms with van der Waals surface area (Å²) in [6.45, 7) is 3.96. The van der Waals surface area contributed by atoms with Crippen molar-refractivity contribution in [2.24, 2.45) is 0 Å². The van der Waals surface area contributed by atoms with Crippen molar-refractivity contribution in [3.05, 3.63) is 59.7 Å². The van der Waals surface area contributed by atoms with Crippen LogP contribution in [0.5, 0.6) is 0 Å². The molecule has 1 aromatic carbocycles. The molecule has 0 saturated heterocycles. The minimum absolute atomic E-state index is 0.0205.